The SMILES string of the molecule is CCN(CC)C(=O)c1cc([N+](=O)[O-])cc2c1-c1c(cc([N+](=O)[O-])cc1[N+](=O)[O-])/C2=N/O. The summed E-state index contributed by atoms with van der Waals surface area (Å²) in [6.07, 6.45) is 0. The molecule has 160 valence electrons. The zero-order valence-electron chi connectivity index (χ0n) is 16.3. The molecule has 1 aliphatic carbocycles. The van der Waals surface area contributed by atoms with Crippen molar-refractivity contribution in [1.82, 2.24) is 4.90 Å². The summed E-state index contributed by atoms with van der Waals surface area (Å²) >= 11 is 0. The molecule has 2 aromatic rings. The van der Waals surface area contributed by atoms with Crippen LogP contribution in [0.3, 0.4) is 0 Å². The number of carbonyl (C=O) groups excluding carboxylic acids is 1. The first-order valence-corrected chi connectivity index (χ1v) is 8.97. The van der Waals surface area contributed by atoms with Gasteiger partial charge in [-0.2, -0.15) is 0 Å². The second-order valence-electron chi connectivity index (χ2n) is 6.50. The number of carbonyl (C=O) groups is 1. The van der Waals surface area contributed by atoms with Gasteiger partial charge in [0, 0.05) is 48.0 Å². The van der Waals surface area contributed by atoms with Crippen molar-refractivity contribution in [3.63, 3.8) is 0 Å². The molecule has 13 nitrogen and oxygen atoms in total. The highest BCUT2D eigenvalue weighted by Gasteiger charge is 2.40. The van der Waals surface area contributed by atoms with Crippen LogP contribution in [0.15, 0.2) is 29.4 Å². The molecule has 3 rings (SSSR count). The predicted molar refractivity (Wildman–Crippen MR) is 107 cm³/mol. The highest BCUT2D eigenvalue weighted by atomic mass is 16.6. The topological polar surface area (TPSA) is 182 Å². The molecule has 0 radical (unpaired) electrons. The highest BCUT2D eigenvalue weighted by Crippen LogP contribution is 2.47. The average Bonchev–Trinajstić information content (AvgIpc) is 3.06. The fourth-order valence-corrected chi connectivity index (χ4v) is 3.60. The number of non-ortho nitro benzene ring substituents is 2. The first-order valence-electron chi connectivity index (χ1n) is 8.97. The summed E-state index contributed by atoms with van der Waals surface area (Å²) in [5.74, 6) is -0.622. The van der Waals surface area contributed by atoms with E-state index in [1.54, 1.807) is 13.8 Å². The van der Waals surface area contributed by atoms with Gasteiger partial charge in [0.2, 0.25) is 0 Å². The molecule has 31 heavy (non-hydrogen) atoms. The van der Waals surface area contributed by atoms with Crippen molar-refractivity contribution in [2.75, 3.05) is 13.1 Å². The van der Waals surface area contributed by atoms with Crippen LogP contribution in [0.1, 0.15) is 35.3 Å². The molecule has 0 heterocycles. The zero-order chi connectivity index (χ0) is 23.0. The van der Waals surface area contributed by atoms with Gasteiger partial charge in [-0.05, 0) is 13.8 Å². The van der Waals surface area contributed by atoms with Gasteiger partial charge in [-0.15, -0.1) is 0 Å². The van der Waals surface area contributed by atoms with Crippen molar-refractivity contribution >= 4 is 28.7 Å². The number of nitrogens with zero attached hydrogens (tertiary/aromatic N) is 5. The lowest BCUT2D eigenvalue weighted by molar-refractivity contribution is -0.393. The molecule has 0 atom stereocenters. The van der Waals surface area contributed by atoms with Crippen LogP contribution in [-0.2, 0) is 0 Å². The molecule has 0 aliphatic heterocycles. The molecule has 0 saturated carbocycles. The van der Waals surface area contributed by atoms with E-state index in [1.165, 1.54) is 4.90 Å². The largest absolute Gasteiger partial charge is 0.410 e. The van der Waals surface area contributed by atoms with E-state index in [0.29, 0.717) is 0 Å². The van der Waals surface area contributed by atoms with E-state index in [4.69, 9.17) is 0 Å². The number of oxime groups is 1. The summed E-state index contributed by atoms with van der Waals surface area (Å²) in [6, 6.07) is 3.71. The van der Waals surface area contributed by atoms with Crippen LogP contribution in [0.5, 0.6) is 0 Å². The lowest BCUT2D eigenvalue weighted by Gasteiger charge is -2.20. The van der Waals surface area contributed by atoms with Crippen molar-refractivity contribution in [3.05, 3.63) is 71.3 Å². The molecule has 1 aliphatic rings. The third-order valence-corrected chi connectivity index (χ3v) is 4.99. The van der Waals surface area contributed by atoms with Crippen molar-refractivity contribution < 1.29 is 24.8 Å². The Hall–Kier alpha value is -4.42. The quantitative estimate of drug-likeness (QED) is 0.352. The molecule has 0 aromatic heterocycles. The van der Waals surface area contributed by atoms with Gasteiger partial charge in [0.05, 0.1) is 32.0 Å². The second kappa shape index (κ2) is 7.78. The van der Waals surface area contributed by atoms with Crippen molar-refractivity contribution in [2.24, 2.45) is 5.16 Å². The maximum atomic E-state index is 13.1. The summed E-state index contributed by atoms with van der Waals surface area (Å²) in [5.41, 5.74) is -2.87. The Morgan fingerprint density at radius 1 is 0.903 bits per heavy atom. The Morgan fingerprint density at radius 3 is 1.87 bits per heavy atom. The van der Waals surface area contributed by atoms with Crippen molar-refractivity contribution in [1.29, 1.82) is 0 Å². The van der Waals surface area contributed by atoms with Crippen LogP contribution >= 0.6 is 0 Å². The number of rotatable bonds is 6. The Balaban J connectivity index is 2.49. The smallest absolute Gasteiger partial charge is 0.284 e. The number of hydrogen-bond donors (Lipinski definition) is 1. The van der Waals surface area contributed by atoms with Crippen molar-refractivity contribution in [3.8, 4) is 11.1 Å². The number of benzene rings is 2. The normalized spacial score (nSPS) is 12.9. The maximum absolute atomic E-state index is 13.1. The Labute approximate surface area is 173 Å². The summed E-state index contributed by atoms with van der Waals surface area (Å²) in [6.45, 7) is 3.92. The van der Waals surface area contributed by atoms with Gasteiger partial charge in [0.15, 0.2) is 0 Å². The van der Waals surface area contributed by atoms with Crippen LogP contribution in [-0.4, -0.2) is 49.6 Å². The zero-order valence-corrected chi connectivity index (χ0v) is 16.3. The van der Waals surface area contributed by atoms with E-state index in [-0.39, 0.29) is 46.6 Å². The van der Waals surface area contributed by atoms with Gasteiger partial charge in [0.1, 0.15) is 5.71 Å². The Bertz CT molecular complexity index is 1190. The molecular formula is C18H15N5O8. The van der Waals surface area contributed by atoms with E-state index in [1.807, 2.05) is 0 Å². The summed E-state index contributed by atoms with van der Waals surface area (Å²) in [7, 11) is 0. The minimum atomic E-state index is -0.858. The number of fused-ring (bicyclic) bond motifs is 3. The monoisotopic (exact) mass is 429 g/mol. The van der Waals surface area contributed by atoms with Gasteiger partial charge in [0.25, 0.3) is 23.0 Å². The van der Waals surface area contributed by atoms with E-state index < -0.39 is 37.7 Å². The number of amides is 1. The van der Waals surface area contributed by atoms with Gasteiger partial charge >= 0.3 is 0 Å². The van der Waals surface area contributed by atoms with Gasteiger partial charge < -0.3 is 10.1 Å². The summed E-state index contributed by atoms with van der Waals surface area (Å²) < 4.78 is 0. The molecule has 0 saturated heterocycles. The lowest BCUT2D eigenvalue weighted by atomic mass is 9.96. The van der Waals surface area contributed by atoms with Gasteiger partial charge in [-0.3, -0.25) is 35.1 Å². The molecular weight excluding hydrogens is 414 g/mol. The molecule has 0 bridgehead atoms. The lowest BCUT2D eigenvalue weighted by Crippen LogP contribution is -2.31. The van der Waals surface area contributed by atoms with E-state index >= 15 is 0 Å². The average molecular weight is 429 g/mol. The van der Waals surface area contributed by atoms with Crippen LogP contribution in [0.4, 0.5) is 17.1 Å². The van der Waals surface area contributed by atoms with E-state index in [0.717, 1.165) is 24.3 Å². The van der Waals surface area contributed by atoms with Crippen LogP contribution in [0.2, 0.25) is 0 Å². The molecule has 1 amide bonds. The molecule has 1 N–H and O–H groups in total. The minimum absolute atomic E-state index is 0.0492. The fourth-order valence-electron chi connectivity index (χ4n) is 3.60. The first-order chi connectivity index (χ1) is 14.7. The molecule has 0 unspecified atom stereocenters. The predicted octanol–water partition coefficient (Wildman–Crippen LogP) is 3.10. The third-order valence-electron chi connectivity index (χ3n) is 4.99. The van der Waals surface area contributed by atoms with Crippen LogP contribution in [0, 0.1) is 30.3 Å². The number of hydrogen-bond acceptors (Lipinski definition) is 9. The molecule has 13 heteroatoms. The van der Waals surface area contributed by atoms with Gasteiger partial charge in [-0.25, -0.2) is 0 Å². The minimum Gasteiger partial charge on any atom is -0.410 e. The standard InChI is InChI=1S/C18H15N5O8/c1-3-20(4-2)18(24)13-7-9(21(26)27)5-11-15(13)16-12(17(11)19-25)6-10(22(28)29)8-14(16)23(30)31/h5-8,25H,3-4H2,1-2H3/b19-17+. The van der Waals surface area contributed by atoms with E-state index in [9.17, 15) is 40.3 Å². The van der Waals surface area contributed by atoms with Crippen molar-refractivity contribution in [2.45, 2.75) is 13.8 Å². The van der Waals surface area contributed by atoms with Crippen LogP contribution in [0.25, 0.3) is 11.1 Å². The fraction of sp³-hybridized carbons (Fsp3) is 0.222. The number of nitro benzene ring substituents is 3. The second-order valence-corrected chi connectivity index (χ2v) is 6.50. The Morgan fingerprint density at radius 2 is 1.42 bits per heavy atom. The Kier molecular flexibility index (Phi) is 5.34. The molecule has 0 fully saturated rings. The van der Waals surface area contributed by atoms with Gasteiger partial charge in [-0.1, -0.05) is 5.16 Å². The maximum Gasteiger partial charge on any atom is 0.284 e. The highest BCUT2D eigenvalue weighted by molar-refractivity contribution is 6.28. The first kappa shape index (κ1) is 21.3. The summed E-state index contributed by atoms with van der Waals surface area (Å²) in [5, 5.41) is 47.1. The third kappa shape index (κ3) is 3.31. The van der Waals surface area contributed by atoms with Crippen LogP contribution < -0.4 is 0 Å². The molecule has 2 aromatic carbocycles. The van der Waals surface area contributed by atoms with E-state index in [2.05, 4.69) is 5.16 Å². The summed E-state index contributed by atoms with van der Waals surface area (Å²) in [4.78, 5) is 46.5. The number of nitro groups is 3. The molecule has 0 spiro atoms.